The number of rotatable bonds is 3. The Morgan fingerprint density at radius 1 is 1.10 bits per heavy atom. The molecule has 0 aliphatic carbocycles. The molecule has 1 amide bonds. The number of amides is 1. The molecule has 0 aliphatic heterocycles. The Hall–Kier alpha value is -2.84. The van der Waals surface area contributed by atoms with Crippen LogP contribution < -0.4 is 5.32 Å². The van der Waals surface area contributed by atoms with Crippen molar-refractivity contribution < 1.29 is 22.4 Å². The molecule has 152 valence electrons. The van der Waals surface area contributed by atoms with E-state index >= 15 is 0 Å². The summed E-state index contributed by atoms with van der Waals surface area (Å²) in [5.74, 6) is -5.28. The van der Waals surface area contributed by atoms with Crippen molar-refractivity contribution in [2.45, 2.75) is 6.92 Å². The zero-order valence-electron chi connectivity index (χ0n) is 15.2. The highest BCUT2D eigenvalue weighted by Gasteiger charge is 2.21. The summed E-state index contributed by atoms with van der Waals surface area (Å²) < 4.78 is 47.0. The monoisotopic (exact) mass is 494 g/mol. The predicted molar refractivity (Wildman–Crippen MR) is 111 cm³/mol. The van der Waals surface area contributed by atoms with Crippen molar-refractivity contribution in [2.24, 2.45) is 0 Å². The highest BCUT2D eigenvalue weighted by molar-refractivity contribution is 9.10. The van der Waals surface area contributed by atoms with Gasteiger partial charge in [0.25, 0.3) is 5.91 Å². The lowest BCUT2D eigenvalue weighted by Gasteiger charge is -2.13. The number of carbonyl (C=O) groups is 1. The van der Waals surface area contributed by atoms with Crippen LogP contribution in [0.4, 0.5) is 18.9 Å². The molecule has 1 aromatic heterocycles. The second-order valence-corrected chi connectivity index (χ2v) is 7.79. The van der Waals surface area contributed by atoms with Gasteiger partial charge in [-0.25, -0.2) is 18.2 Å². The molecule has 0 unspecified atom stereocenters. The van der Waals surface area contributed by atoms with Gasteiger partial charge in [-0.1, -0.05) is 27.5 Å². The Morgan fingerprint density at radius 3 is 2.63 bits per heavy atom. The summed E-state index contributed by atoms with van der Waals surface area (Å²) in [5.41, 5.74) is 1.93. The molecule has 30 heavy (non-hydrogen) atoms. The van der Waals surface area contributed by atoms with Crippen molar-refractivity contribution >= 4 is 50.2 Å². The molecule has 0 saturated carbocycles. The van der Waals surface area contributed by atoms with E-state index in [1.54, 1.807) is 37.3 Å². The second kappa shape index (κ2) is 7.77. The SMILES string of the molecule is Cc1c(NC(=O)c2ccc(F)c(F)c2F)cc(Br)cc1-c1nc2ccc(Cl)cc2o1. The van der Waals surface area contributed by atoms with Crippen molar-refractivity contribution in [2.75, 3.05) is 5.32 Å². The molecule has 1 heterocycles. The minimum atomic E-state index is -1.71. The van der Waals surface area contributed by atoms with E-state index in [0.29, 0.717) is 49.4 Å². The molecule has 1 N–H and O–H groups in total. The summed E-state index contributed by atoms with van der Waals surface area (Å²) in [5, 5.41) is 3.02. The van der Waals surface area contributed by atoms with E-state index in [9.17, 15) is 18.0 Å². The van der Waals surface area contributed by atoms with E-state index in [2.05, 4.69) is 26.2 Å². The van der Waals surface area contributed by atoms with Crippen LogP contribution in [0.3, 0.4) is 0 Å². The van der Waals surface area contributed by atoms with Crippen LogP contribution in [0.2, 0.25) is 5.02 Å². The minimum Gasteiger partial charge on any atom is -0.436 e. The summed E-state index contributed by atoms with van der Waals surface area (Å²) >= 11 is 9.34. The first kappa shape index (κ1) is 20.4. The fourth-order valence-electron chi connectivity index (χ4n) is 2.94. The molecule has 0 spiro atoms. The number of anilines is 1. The fourth-order valence-corrected chi connectivity index (χ4v) is 3.56. The van der Waals surface area contributed by atoms with E-state index in [1.807, 2.05) is 0 Å². The Labute approximate surface area is 181 Å². The summed E-state index contributed by atoms with van der Waals surface area (Å²) in [6, 6.07) is 9.94. The molecular formula is C21H11BrClF3N2O2. The lowest BCUT2D eigenvalue weighted by molar-refractivity contribution is 0.102. The van der Waals surface area contributed by atoms with Crippen molar-refractivity contribution in [3.63, 3.8) is 0 Å². The smallest absolute Gasteiger partial charge is 0.258 e. The van der Waals surface area contributed by atoms with Gasteiger partial charge in [0.2, 0.25) is 5.89 Å². The van der Waals surface area contributed by atoms with Gasteiger partial charge in [-0.3, -0.25) is 4.79 Å². The Bertz CT molecular complexity index is 1320. The number of carbonyl (C=O) groups excluding carboxylic acids is 1. The Kier molecular flexibility index (Phi) is 5.29. The average Bonchev–Trinajstić information content (AvgIpc) is 3.11. The number of fused-ring (bicyclic) bond motifs is 1. The Balaban J connectivity index is 1.74. The number of oxazole rings is 1. The van der Waals surface area contributed by atoms with Crippen LogP contribution in [0.15, 0.2) is 51.4 Å². The van der Waals surface area contributed by atoms with Crippen LogP contribution in [-0.4, -0.2) is 10.9 Å². The van der Waals surface area contributed by atoms with Gasteiger partial charge in [-0.2, -0.15) is 0 Å². The maximum Gasteiger partial charge on any atom is 0.258 e. The van der Waals surface area contributed by atoms with Crippen molar-refractivity contribution in [3.05, 3.63) is 80.5 Å². The molecule has 0 atom stereocenters. The van der Waals surface area contributed by atoms with Gasteiger partial charge >= 0.3 is 0 Å². The van der Waals surface area contributed by atoms with Gasteiger partial charge in [-0.15, -0.1) is 0 Å². The first-order valence-corrected chi connectivity index (χ1v) is 9.73. The molecular weight excluding hydrogens is 485 g/mol. The first-order valence-electron chi connectivity index (χ1n) is 8.56. The molecule has 0 radical (unpaired) electrons. The Morgan fingerprint density at radius 2 is 1.87 bits per heavy atom. The summed E-state index contributed by atoms with van der Waals surface area (Å²) in [6.45, 7) is 1.71. The minimum absolute atomic E-state index is 0.292. The number of nitrogens with zero attached hydrogens (tertiary/aromatic N) is 1. The van der Waals surface area contributed by atoms with E-state index in [1.165, 1.54) is 0 Å². The number of aromatic nitrogens is 1. The summed E-state index contributed by atoms with van der Waals surface area (Å²) in [4.78, 5) is 16.9. The standard InChI is InChI=1S/C21H11BrClF3N2O2/c1-9-13(21-28-15-5-2-11(23)8-17(15)30-21)6-10(22)7-16(9)27-20(29)12-3-4-14(24)19(26)18(12)25/h2-8H,1H3,(H,27,29). The topological polar surface area (TPSA) is 55.1 Å². The normalized spacial score (nSPS) is 11.1. The van der Waals surface area contributed by atoms with E-state index in [-0.39, 0.29) is 0 Å². The number of benzene rings is 3. The molecule has 4 rings (SSSR count). The predicted octanol–water partition coefficient (Wildman–Crippen LogP) is 6.89. The van der Waals surface area contributed by atoms with Crippen molar-refractivity contribution in [1.29, 1.82) is 0 Å². The van der Waals surface area contributed by atoms with E-state index < -0.39 is 28.9 Å². The van der Waals surface area contributed by atoms with Gasteiger partial charge in [0.05, 0.1) is 5.56 Å². The lowest BCUT2D eigenvalue weighted by Crippen LogP contribution is -2.16. The number of halogens is 5. The van der Waals surface area contributed by atoms with E-state index in [0.717, 1.165) is 6.07 Å². The molecule has 4 aromatic rings. The van der Waals surface area contributed by atoms with Crippen LogP contribution in [0.25, 0.3) is 22.6 Å². The summed E-state index contributed by atoms with van der Waals surface area (Å²) in [6.07, 6.45) is 0. The van der Waals surface area contributed by atoms with Gasteiger partial charge in [0, 0.05) is 26.8 Å². The van der Waals surface area contributed by atoms with Gasteiger partial charge < -0.3 is 9.73 Å². The molecule has 0 saturated heterocycles. The maximum atomic E-state index is 14.0. The quantitative estimate of drug-likeness (QED) is 0.315. The molecule has 0 bridgehead atoms. The van der Waals surface area contributed by atoms with Crippen LogP contribution >= 0.6 is 27.5 Å². The molecule has 3 aromatic carbocycles. The van der Waals surface area contributed by atoms with Crippen LogP contribution in [0.1, 0.15) is 15.9 Å². The van der Waals surface area contributed by atoms with Crippen LogP contribution in [0, 0.1) is 24.4 Å². The second-order valence-electron chi connectivity index (χ2n) is 6.43. The third-order valence-electron chi connectivity index (χ3n) is 4.48. The highest BCUT2D eigenvalue weighted by atomic mass is 79.9. The molecule has 0 aliphatic rings. The third kappa shape index (κ3) is 3.68. The van der Waals surface area contributed by atoms with Gasteiger partial charge in [0.1, 0.15) is 5.52 Å². The number of nitrogens with one attached hydrogen (secondary N) is 1. The van der Waals surface area contributed by atoms with Crippen molar-refractivity contribution in [3.8, 4) is 11.5 Å². The average molecular weight is 496 g/mol. The largest absolute Gasteiger partial charge is 0.436 e. The zero-order chi connectivity index (χ0) is 21.6. The lowest BCUT2D eigenvalue weighted by atomic mass is 10.1. The molecule has 0 fully saturated rings. The van der Waals surface area contributed by atoms with Crippen LogP contribution in [-0.2, 0) is 0 Å². The zero-order valence-corrected chi connectivity index (χ0v) is 17.5. The highest BCUT2D eigenvalue weighted by Crippen LogP contribution is 2.34. The third-order valence-corrected chi connectivity index (χ3v) is 5.17. The summed E-state index contributed by atoms with van der Waals surface area (Å²) in [7, 11) is 0. The van der Waals surface area contributed by atoms with Gasteiger partial charge in [-0.05, 0) is 48.9 Å². The van der Waals surface area contributed by atoms with Crippen LogP contribution in [0.5, 0.6) is 0 Å². The first-order chi connectivity index (χ1) is 14.2. The number of hydrogen-bond donors (Lipinski definition) is 1. The van der Waals surface area contributed by atoms with E-state index in [4.69, 9.17) is 16.0 Å². The van der Waals surface area contributed by atoms with Crippen molar-refractivity contribution in [1.82, 2.24) is 4.98 Å². The maximum absolute atomic E-state index is 14.0. The fraction of sp³-hybridized carbons (Fsp3) is 0.0476. The molecule has 9 heteroatoms. The van der Waals surface area contributed by atoms with Gasteiger partial charge in [0.15, 0.2) is 23.0 Å². The molecule has 4 nitrogen and oxygen atoms in total. The number of hydrogen-bond acceptors (Lipinski definition) is 3.